The van der Waals surface area contributed by atoms with Gasteiger partial charge in [0.05, 0.1) is 28.1 Å². The molecule has 0 aliphatic carbocycles. The maximum absolute atomic E-state index is 12.5. The van der Waals surface area contributed by atoms with Crippen molar-refractivity contribution in [2.75, 3.05) is 6.26 Å². The molecule has 1 aromatic heterocycles. The lowest BCUT2D eigenvalue weighted by atomic mass is 10.1. The lowest BCUT2D eigenvalue weighted by molar-refractivity contribution is -0.119. The van der Waals surface area contributed by atoms with E-state index in [9.17, 15) is 13.2 Å². The van der Waals surface area contributed by atoms with Gasteiger partial charge in [-0.2, -0.15) is 0 Å². The molecule has 0 aliphatic heterocycles. The fourth-order valence-corrected chi connectivity index (χ4v) is 3.89. The molecule has 3 aromatic rings. The fourth-order valence-electron chi connectivity index (χ4n) is 3.24. The van der Waals surface area contributed by atoms with Crippen LogP contribution < -0.4 is 15.8 Å². The highest BCUT2D eigenvalue weighted by molar-refractivity contribution is 7.90. The summed E-state index contributed by atoms with van der Waals surface area (Å²) in [5.41, 5.74) is 8.01. The second kappa shape index (κ2) is 10.3. The number of sulfone groups is 1. The summed E-state index contributed by atoms with van der Waals surface area (Å²) >= 11 is 0. The first-order valence-electron chi connectivity index (χ1n) is 11.0. The Kier molecular flexibility index (Phi) is 7.60. The number of fused-ring (bicyclic) bond motifs is 1. The van der Waals surface area contributed by atoms with Crippen molar-refractivity contribution in [3.63, 3.8) is 0 Å². The maximum Gasteiger partial charge on any atom is 0.228 e. The van der Waals surface area contributed by atoms with Crippen LogP contribution in [0.5, 0.6) is 11.5 Å². The Balaban J connectivity index is 1.77. The number of aliphatic imine (C=N–C) groups is 1. The quantitative estimate of drug-likeness (QED) is 0.477. The van der Waals surface area contributed by atoms with E-state index in [1.165, 1.54) is 12.3 Å². The second-order valence-corrected chi connectivity index (χ2v) is 11.3. The summed E-state index contributed by atoms with van der Waals surface area (Å²) in [5.74, 6) is 0.861. The van der Waals surface area contributed by atoms with Gasteiger partial charge in [0.15, 0.2) is 9.84 Å². The van der Waals surface area contributed by atoms with Gasteiger partial charge in [-0.25, -0.2) is 8.42 Å². The molecule has 0 fully saturated rings. The average Bonchev–Trinajstić information content (AvgIpc) is 2.77. The number of rotatable bonds is 7. The molecular formula is C26H30N4O4S. The molecule has 3 rings (SSSR count). The maximum atomic E-state index is 12.5. The number of amides is 1. The summed E-state index contributed by atoms with van der Waals surface area (Å²) < 4.78 is 30.1. The Morgan fingerprint density at radius 3 is 2.51 bits per heavy atom. The number of carbonyl (C=O) groups is 1. The molecule has 0 unspecified atom stereocenters. The van der Waals surface area contributed by atoms with E-state index in [2.05, 4.69) is 15.3 Å². The molecule has 0 radical (unpaired) electrons. The van der Waals surface area contributed by atoms with E-state index >= 15 is 0 Å². The minimum absolute atomic E-state index is 0.151. The van der Waals surface area contributed by atoms with Crippen molar-refractivity contribution >= 4 is 32.9 Å². The number of pyridine rings is 1. The SMILES string of the molecule is Cc1cc(CC(=O)N/C(C=NC(C)(C)C)=C/N)ccc1Oc1ccnc2ccc(S(C)(=O)=O)cc12. The van der Waals surface area contributed by atoms with Gasteiger partial charge in [-0.1, -0.05) is 12.1 Å². The number of carbonyl (C=O) groups excluding carboxylic acids is 1. The monoisotopic (exact) mass is 494 g/mol. The van der Waals surface area contributed by atoms with Gasteiger partial charge in [-0.3, -0.25) is 14.8 Å². The van der Waals surface area contributed by atoms with Gasteiger partial charge < -0.3 is 15.8 Å². The van der Waals surface area contributed by atoms with Crippen LogP contribution in [0, 0.1) is 6.92 Å². The zero-order chi connectivity index (χ0) is 25.8. The predicted octanol–water partition coefficient (Wildman–Crippen LogP) is 4.07. The number of hydrogen-bond acceptors (Lipinski definition) is 7. The summed E-state index contributed by atoms with van der Waals surface area (Å²) in [5, 5.41) is 3.35. The van der Waals surface area contributed by atoms with Gasteiger partial charge in [-0.05, 0) is 69.2 Å². The van der Waals surface area contributed by atoms with Crippen LogP contribution in [0.3, 0.4) is 0 Å². The van der Waals surface area contributed by atoms with Gasteiger partial charge in [0.2, 0.25) is 5.91 Å². The number of aryl methyl sites for hydroxylation is 1. The molecule has 0 aliphatic rings. The van der Waals surface area contributed by atoms with Crippen LogP contribution in [0.2, 0.25) is 0 Å². The number of nitrogens with zero attached hydrogens (tertiary/aromatic N) is 2. The van der Waals surface area contributed by atoms with E-state index in [1.54, 1.807) is 36.7 Å². The molecular weight excluding hydrogens is 464 g/mol. The van der Waals surface area contributed by atoms with E-state index < -0.39 is 9.84 Å². The smallest absolute Gasteiger partial charge is 0.228 e. The fraction of sp³-hybridized carbons (Fsp3) is 0.269. The number of benzene rings is 2. The van der Waals surface area contributed by atoms with Crippen molar-refractivity contribution in [1.82, 2.24) is 10.3 Å². The summed E-state index contributed by atoms with van der Waals surface area (Å²) in [6, 6.07) is 11.9. The van der Waals surface area contributed by atoms with Gasteiger partial charge in [0.1, 0.15) is 11.5 Å². The van der Waals surface area contributed by atoms with Crippen LogP contribution in [0.4, 0.5) is 0 Å². The number of hydrogen-bond donors (Lipinski definition) is 2. The van der Waals surface area contributed by atoms with Crippen molar-refractivity contribution in [3.8, 4) is 11.5 Å². The van der Waals surface area contributed by atoms with Crippen molar-refractivity contribution in [2.24, 2.45) is 10.7 Å². The number of nitrogens with one attached hydrogen (secondary N) is 1. The van der Waals surface area contributed by atoms with Crippen LogP contribution in [-0.4, -0.2) is 37.3 Å². The summed E-state index contributed by atoms with van der Waals surface area (Å²) in [6.07, 6.45) is 5.78. The van der Waals surface area contributed by atoms with E-state index in [4.69, 9.17) is 10.5 Å². The minimum atomic E-state index is -3.37. The molecule has 0 saturated heterocycles. The highest BCUT2D eigenvalue weighted by atomic mass is 32.2. The average molecular weight is 495 g/mol. The molecule has 0 saturated carbocycles. The lowest BCUT2D eigenvalue weighted by Gasteiger charge is -2.13. The molecule has 3 N–H and O–H groups in total. The van der Waals surface area contributed by atoms with E-state index in [0.717, 1.165) is 17.4 Å². The van der Waals surface area contributed by atoms with Crippen molar-refractivity contribution in [1.29, 1.82) is 0 Å². The van der Waals surface area contributed by atoms with E-state index in [0.29, 0.717) is 28.1 Å². The molecule has 2 aromatic carbocycles. The topological polar surface area (TPSA) is 124 Å². The molecule has 9 heteroatoms. The number of nitrogens with two attached hydrogens (primary N) is 1. The third-order valence-electron chi connectivity index (χ3n) is 4.98. The van der Waals surface area contributed by atoms with Gasteiger partial charge in [-0.15, -0.1) is 0 Å². The second-order valence-electron chi connectivity index (χ2n) is 9.24. The predicted molar refractivity (Wildman–Crippen MR) is 138 cm³/mol. The largest absolute Gasteiger partial charge is 0.456 e. The zero-order valence-electron chi connectivity index (χ0n) is 20.5. The van der Waals surface area contributed by atoms with Crippen molar-refractivity contribution in [3.05, 3.63) is 71.7 Å². The van der Waals surface area contributed by atoms with Crippen LogP contribution in [0.15, 0.2) is 70.4 Å². The number of ether oxygens (including phenoxy) is 1. The molecule has 0 atom stereocenters. The summed E-state index contributed by atoms with van der Waals surface area (Å²) in [4.78, 5) is 21.3. The van der Waals surface area contributed by atoms with E-state index in [1.807, 2.05) is 39.8 Å². The molecule has 1 heterocycles. The Bertz CT molecular complexity index is 1420. The first kappa shape index (κ1) is 25.9. The Labute approximate surface area is 205 Å². The number of aromatic nitrogens is 1. The first-order valence-corrected chi connectivity index (χ1v) is 12.9. The van der Waals surface area contributed by atoms with Crippen molar-refractivity contribution in [2.45, 2.75) is 44.6 Å². The Morgan fingerprint density at radius 2 is 1.89 bits per heavy atom. The Morgan fingerprint density at radius 1 is 1.14 bits per heavy atom. The molecule has 1 amide bonds. The standard InChI is InChI=1S/C26H30N4O4S/c1-17-12-18(13-25(31)30-19(15-27)16-29-26(2,3)4)6-9-23(17)34-24-10-11-28-22-8-7-20(14-21(22)24)35(5,32)33/h6-12,14-16H,13,27H2,1-5H3,(H,30,31)/b19-15+,29-16?. The normalized spacial score (nSPS) is 12.8. The zero-order valence-corrected chi connectivity index (χ0v) is 21.3. The van der Waals surface area contributed by atoms with E-state index in [-0.39, 0.29) is 22.8 Å². The van der Waals surface area contributed by atoms with Gasteiger partial charge >= 0.3 is 0 Å². The minimum Gasteiger partial charge on any atom is -0.456 e. The summed E-state index contributed by atoms with van der Waals surface area (Å²) in [6.45, 7) is 7.73. The first-order chi connectivity index (χ1) is 16.4. The molecule has 8 nitrogen and oxygen atoms in total. The van der Waals surface area contributed by atoms with Gasteiger partial charge in [0, 0.05) is 30.3 Å². The van der Waals surface area contributed by atoms with Gasteiger partial charge in [0.25, 0.3) is 0 Å². The van der Waals surface area contributed by atoms with Crippen LogP contribution in [-0.2, 0) is 21.1 Å². The molecule has 35 heavy (non-hydrogen) atoms. The Hall–Kier alpha value is -3.72. The molecule has 184 valence electrons. The number of allylic oxidation sites excluding steroid dienone is 1. The third-order valence-corrected chi connectivity index (χ3v) is 6.09. The molecule has 0 bridgehead atoms. The lowest BCUT2D eigenvalue weighted by Crippen LogP contribution is -2.26. The summed E-state index contributed by atoms with van der Waals surface area (Å²) in [7, 11) is -3.37. The van der Waals surface area contributed by atoms with Crippen LogP contribution >= 0.6 is 0 Å². The highest BCUT2D eigenvalue weighted by Crippen LogP contribution is 2.32. The highest BCUT2D eigenvalue weighted by Gasteiger charge is 2.13. The van der Waals surface area contributed by atoms with Crippen LogP contribution in [0.1, 0.15) is 31.9 Å². The molecule has 0 spiro atoms. The van der Waals surface area contributed by atoms with Crippen molar-refractivity contribution < 1.29 is 17.9 Å². The third kappa shape index (κ3) is 7.13. The van der Waals surface area contributed by atoms with Crippen LogP contribution in [0.25, 0.3) is 10.9 Å².